The molecule has 1 aromatic carbocycles. The van der Waals surface area contributed by atoms with Crippen LogP contribution in [0.25, 0.3) is 11.2 Å². The molecule has 3 heterocycles. The van der Waals surface area contributed by atoms with E-state index in [4.69, 9.17) is 0 Å². The number of nitrogens with zero attached hydrogens (tertiary/aromatic N) is 4. The molecule has 26 heavy (non-hydrogen) atoms. The highest BCUT2D eigenvalue weighted by Gasteiger charge is 2.28. The minimum Gasteiger partial charge on any atom is -0.354 e. The second kappa shape index (κ2) is 7.11. The molecule has 0 radical (unpaired) electrons. The highest BCUT2D eigenvalue weighted by Crippen LogP contribution is 2.26. The van der Waals surface area contributed by atoms with Gasteiger partial charge >= 0.3 is 0 Å². The smallest absolute Gasteiger partial charge is 0.225 e. The van der Waals surface area contributed by atoms with Crippen molar-refractivity contribution in [1.29, 1.82) is 0 Å². The van der Waals surface area contributed by atoms with Crippen LogP contribution in [0.15, 0.2) is 43.0 Å². The predicted molar refractivity (Wildman–Crippen MR) is 99.6 cm³/mol. The van der Waals surface area contributed by atoms with Crippen molar-refractivity contribution in [2.24, 2.45) is 5.92 Å². The van der Waals surface area contributed by atoms with Crippen molar-refractivity contribution in [1.82, 2.24) is 25.3 Å². The molecule has 7 nitrogen and oxygen atoms in total. The lowest BCUT2D eigenvalue weighted by Gasteiger charge is -2.33. The van der Waals surface area contributed by atoms with Gasteiger partial charge in [-0.2, -0.15) is 0 Å². The molecule has 2 aromatic heterocycles. The summed E-state index contributed by atoms with van der Waals surface area (Å²) in [7, 11) is 0. The van der Waals surface area contributed by atoms with Crippen LogP contribution >= 0.6 is 0 Å². The van der Waals surface area contributed by atoms with Gasteiger partial charge in [0.25, 0.3) is 0 Å². The molecule has 2 N–H and O–H groups in total. The fourth-order valence-corrected chi connectivity index (χ4v) is 3.53. The second-order valence-electron chi connectivity index (χ2n) is 6.72. The number of H-pyrrole nitrogens is 1. The average Bonchev–Trinajstić information content (AvgIpc) is 3.17. The predicted octanol–water partition coefficient (Wildman–Crippen LogP) is 2.45. The maximum atomic E-state index is 12.8. The highest BCUT2D eigenvalue weighted by atomic mass is 16.2. The zero-order valence-electron chi connectivity index (χ0n) is 14.7. The first-order chi connectivity index (χ1) is 12.7. The number of aromatic amines is 1. The van der Waals surface area contributed by atoms with E-state index in [1.807, 2.05) is 37.3 Å². The molecule has 1 aliphatic rings. The Morgan fingerprint density at radius 3 is 2.96 bits per heavy atom. The van der Waals surface area contributed by atoms with Crippen molar-refractivity contribution < 1.29 is 4.79 Å². The Morgan fingerprint density at radius 2 is 2.12 bits per heavy atom. The SMILES string of the molecule is C[C@@H](NC(=O)[C@@H]1CCCN(c2ncnc3nc[nH]c23)C1)c1ccccc1. The molecule has 134 valence electrons. The normalized spacial score (nSPS) is 18.7. The number of amides is 1. The number of nitrogens with one attached hydrogen (secondary N) is 2. The van der Waals surface area contributed by atoms with E-state index in [0.717, 1.165) is 36.3 Å². The van der Waals surface area contributed by atoms with Gasteiger partial charge in [-0.05, 0) is 25.3 Å². The summed E-state index contributed by atoms with van der Waals surface area (Å²) in [5.41, 5.74) is 2.59. The molecule has 1 amide bonds. The Morgan fingerprint density at radius 1 is 1.27 bits per heavy atom. The van der Waals surface area contributed by atoms with Crippen molar-refractivity contribution in [3.63, 3.8) is 0 Å². The topological polar surface area (TPSA) is 86.8 Å². The Labute approximate surface area is 151 Å². The monoisotopic (exact) mass is 350 g/mol. The number of fused-ring (bicyclic) bond motifs is 1. The van der Waals surface area contributed by atoms with Crippen LogP contribution in [0, 0.1) is 5.92 Å². The highest BCUT2D eigenvalue weighted by molar-refractivity contribution is 5.84. The Bertz CT molecular complexity index is 893. The number of aromatic nitrogens is 4. The van der Waals surface area contributed by atoms with Crippen LogP contribution in [0.5, 0.6) is 0 Å². The maximum absolute atomic E-state index is 12.8. The molecule has 7 heteroatoms. The molecule has 0 spiro atoms. The number of hydrogen-bond acceptors (Lipinski definition) is 5. The van der Waals surface area contributed by atoms with Gasteiger partial charge in [-0.3, -0.25) is 4.79 Å². The number of piperidine rings is 1. The number of hydrogen-bond donors (Lipinski definition) is 2. The zero-order valence-corrected chi connectivity index (χ0v) is 14.7. The standard InChI is InChI=1S/C19H22N6O/c1-13(14-6-3-2-4-7-14)24-19(26)15-8-5-9-25(10-15)18-16-17(21-11-20-16)22-12-23-18/h2-4,6-7,11-13,15H,5,8-10H2,1H3,(H,24,26)(H,20,21,22,23)/t13-,15-/m1/s1. The van der Waals surface area contributed by atoms with Crippen molar-refractivity contribution >= 4 is 22.9 Å². The molecule has 3 aromatic rings. The van der Waals surface area contributed by atoms with Crippen molar-refractivity contribution in [3.05, 3.63) is 48.5 Å². The second-order valence-corrected chi connectivity index (χ2v) is 6.72. The van der Waals surface area contributed by atoms with Gasteiger partial charge in [0.2, 0.25) is 5.91 Å². The molecule has 0 saturated carbocycles. The molecule has 1 aliphatic heterocycles. The van der Waals surface area contributed by atoms with Gasteiger partial charge in [0, 0.05) is 13.1 Å². The van der Waals surface area contributed by atoms with Gasteiger partial charge < -0.3 is 15.2 Å². The summed E-state index contributed by atoms with van der Waals surface area (Å²) in [5, 5.41) is 3.15. The van der Waals surface area contributed by atoms with E-state index >= 15 is 0 Å². The number of rotatable bonds is 4. The molecular weight excluding hydrogens is 328 g/mol. The van der Waals surface area contributed by atoms with E-state index < -0.39 is 0 Å². The van der Waals surface area contributed by atoms with Crippen LogP contribution in [0.3, 0.4) is 0 Å². The van der Waals surface area contributed by atoms with E-state index in [-0.39, 0.29) is 17.9 Å². The van der Waals surface area contributed by atoms with Crippen LogP contribution in [0.4, 0.5) is 5.82 Å². The third-order valence-electron chi connectivity index (χ3n) is 4.95. The van der Waals surface area contributed by atoms with E-state index in [0.29, 0.717) is 12.2 Å². The Balaban J connectivity index is 1.46. The third-order valence-corrected chi connectivity index (χ3v) is 4.95. The number of carbonyl (C=O) groups excluding carboxylic acids is 1. The molecule has 0 bridgehead atoms. The van der Waals surface area contributed by atoms with E-state index in [1.165, 1.54) is 6.33 Å². The number of imidazole rings is 1. The van der Waals surface area contributed by atoms with Crippen molar-refractivity contribution in [2.45, 2.75) is 25.8 Å². The van der Waals surface area contributed by atoms with Crippen molar-refractivity contribution in [3.8, 4) is 0 Å². The molecule has 4 rings (SSSR count). The van der Waals surface area contributed by atoms with Crippen molar-refractivity contribution in [2.75, 3.05) is 18.0 Å². The zero-order chi connectivity index (χ0) is 17.9. The first-order valence-corrected chi connectivity index (χ1v) is 8.96. The summed E-state index contributed by atoms with van der Waals surface area (Å²) in [4.78, 5) is 30.8. The fourth-order valence-electron chi connectivity index (χ4n) is 3.53. The summed E-state index contributed by atoms with van der Waals surface area (Å²) in [6.45, 7) is 3.55. The average molecular weight is 350 g/mol. The first kappa shape index (κ1) is 16.5. The number of anilines is 1. The van der Waals surface area contributed by atoms with Crippen LogP contribution < -0.4 is 10.2 Å². The van der Waals surface area contributed by atoms with Gasteiger partial charge in [-0.1, -0.05) is 30.3 Å². The fraction of sp³-hybridized carbons (Fsp3) is 0.368. The van der Waals surface area contributed by atoms with Crippen LogP contribution in [-0.2, 0) is 4.79 Å². The molecule has 0 unspecified atom stereocenters. The summed E-state index contributed by atoms with van der Waals surface area (Å²) >= 11 is 0. The Hall–Kier alpha value is -2.96. The lowest BCUT2D eigenvalue weighted by Crippen LogP contribution is -2.44. The summed E-state index contributed by atoms with van der Waals surface area (Å²) in [6, 6.07) is 10.0. The number of benzene rings is 1. The quantitative estimate of drug-likeness (QED) is 0.755. The molecule has 2 atom stereocenters. The number of carbonyl (C=O) groups is 1. The van der Waals surface area contributed by atoms with Gasteiger partial charge in [0.1, 0.15) is 11.8 Å². The van der Waals surface area contributed by atoms with E-state index in [2.05, 4.69) is 30.2 Å². The van der Waals surface area contributed by atoms with Gasteiger partial charge in [-0.15, -0.1) is 0 Å². The Kier molecular flexibility index (Phi) is 4.51. The maximum Gasteiger partial charge on any atom is 0.225 e. The molecule has 0 aliphatic carbocycles. The van der Waals surface area contributed by atoms with Crippen LogP contribution in [0.2, 0.25) is 0 Å². The van der Waals surface area contributed by atoms with Gasteiger partial charge in [0.05, 0.1) is 18.3 Å². The molecule has 1 saturated heterocycles. The minimum absolute atomic E-state index is 0.00237. The van der Waals surface area contributed by atoms with E-state index in [9.17, 15) is 4.79 Å². The van der Waals surface area contributed by atoms with Crippen LogP contribution in [-0.4, -0.2) is 38.9 Å². The van der Waals surface area contributed by atoms with Gasteiger partial charge in [-0.25, -0.2) is 15.0 Å². The summed E-state index contributed by atoms with van der Waals surface area (Å²) in [6.07, 6.45) is 5.00. The largest absolute Gasteiger partial charge is 0.354 e. The lowest BCUT2D eigenvalue weighted by atomic mass is 9.96. The first-order valence-electron chi connectivity index (χ1n) is 8.96. The van der Waals surface area contributed by atoms with Crippen LogP contribution in [0.1, 0.15) is 31.4 Å². The minimum atomic E-state index is -0.0529. The third kappa shape index (κ3) is 3.24. The molecule has 1 fully saturated rings. The summed E-state index contributed by atoms with van der Waals surface area (Å²) < 4.78 is 0. The summed E-state index contributed by atoms with van der Waals surface area (Å²) in [5.74, 6) is 0.866. The molecular formula is C19H22N6O. The lowest BCUT2D eigenvalue weighted by molar-refractivity contribution is -0.125. The van der Waals surface area contributed by atoms with E-state index in [1.54, 1.807) is 6.33 Å². The van der Waals surface area contributed by atoms with Gasteiger partial charge in [0.15, 0.2) is 11.5 Å².